The molecule has 1 aliphatic carbocycles. The van der Waals surface area contributed by atoms with E-state index in [4.69, 9.17) is 9.72 Å². The second-order valence-electron chi connectivity index (χ2n) is 8.68. The summed E-state index contributed by atoms with van der Waals surface area (Å²) in [7, 11) is 0. The maximum absolute atomic E-state index is 12.8. The van der Waals surface area contributed by atoms with Crippen molar-refractivity contribution < 1.29 is 9.53 Å². The molecular weight excluding hydrogens is 330 g/mol. The second kappa shape index (κ2) is 6.30. The fourth-order valence-electron chi connectivity index (χ4n) is 5.28. The molecule has 1 saturated carbocycles. The van der Waals surface area contributed by atoms with Crippen molar-refractivity contribution in [3.8, 4) is 0 Å². The molecule has 2 atom stereocenters. The van der Waals surface area contributed by atoms with E-state index in [1.807, 2.05) is 6.92 Å². The summed E-state index contributed by atoms with van der Waals surface area (Å²) in [4.78, 5) is 22.3. The number of fused-ring (bicyclic) bond motifs is 1. The van der Waals surface area contributed by atoms with Gasteiger partial charge in [0.15, 0.2) is 5.82 Å². The highest BCUT2D eigenvalue weighted by molar-refractivity contribution is 5.81. The molecule has 4 aliphatic rings. The largest absolute Gasteiger partial charge is 0.381 e. The minimum atomic E-state index is -0.0724. The van der Waals surface area contributed by atoms with Gasteiger partial charge in [-0.2, -0.15) is 5.10 Å². The van der Waals surface area contributed by atoms with Crippen molar-refractivity contribution in [3.05, 3.63) is 11.6 Å². The number of aromatic nitrogens is 3. The van der Waals surface area contributed by atoms with Crippen molar-refractivity contribution in [2.75, 3.05) is 39.4 Å². The highest BCUT2D eigenvalue weighted by Crippen LogP contribution is 2.46. The molecule has 0 radical (unpaired) electrons. The van der Waals surface area contributed by atoms with Gasteiger partial charge < -0.3 is 9.64 Å². The molecule has 1 aromatic heterocycles. The molecule has 1 amide bonds. The number of aryl methyl sites for hydroxylation is 1. The van der Waals surface area contributed by atoms with E-state index >= 15 is 0 Å². The van der Waals surface area contributed by atoms with Crippen LogP contribution >= 0.6 is 0 Å². The Morgan fingerprint density at radius 1 is 1.23 bits per heavy atom. The summed E-state index contributed by atoms with van der Waals surface area (Å²) in [5.74, 6) is 2.87. The van der Waals surface area contributed by atoms with Gasteiger partial charge in [0, 0.05) is 50.7 Å². The molecule has 7 nitrogen and oxygen atoms in total. The maximum atomic E-state index is 12.8. The van der Waals surface area contributed by atoms with Crippen molar-refractivity contribution in [2.24, 2.45) is 11.8 Å². The molecule has 7 heteroatoms. The lowest BCUT2D eigenvalue weighted by molar-refractivity contribution is -0.131. The van der Waals surface area contributed by atoms with E-state index in [1.54, 1.807) is 0 Å². The van der Waals surface area contributed by atoms with Gasteiger partial charge in [0.1, 0.15) is 5.82 Å². The predicted octanol–water partition coefficient (Wildman–Crippen LogP) is 1.10. The lowest BCUT2D eigenvalue weighted by Crippen LogP contribution is -2.54. The molecule has 26 heavy (non-hydrogen) atoms. The van der Waals surface area contributed by atoms with E-state index in [-0.39, 0.29) is 11.3 Å². The van der Waals surface area contributed by atoms with Crippen molar-refractivity contribution >= 4 is 5.91 Å². The zero-order valence-corrected chi connectivity index (χ0v) is 15.6. The number of H-pyrrole nitrogens is 1. The molecule has 1 N–H and O–H groups in total. The van der Waals surface area contributed by atoms with Crippen molar-refractivity contribution in [1.82, 2.24) is 25.0 Å². The number of nitrogens with zero attached hydrogens (tertiary/aromatic N) is 4. The summed E-state index contributed by atoms with van der Waals surface area (Å²) >= 11 is 0. The number of nitrogens with one attached hydrogen (secondary N) is 1. The monoisotopic (exact) mass is 359 g/mol. The highest BCUT2D eigenvalue weighted by Gasteiger charge is 2.55. The summed E-state index contributed by atoms with van der Waals surface area (Å²) < 4.78 is 5.55. The molecule has 0 aromatic carbocycles. The topological polar surface area (TPSA) is 74.3 Å². The molecule has 0 bridgehead atoms. The number of carbonyl (C=O) groups excluding carboxylic acids is 1. The summed E-state index contributed by atoms with van der Waals surface area (Å²) in [6.45, 7) is 7.50. The normalized spacial score (nSPS) is 33.4. The first-order valence-corrected chi connectivity index (χ1v) is 10.2. The van der Waals surface area contributed by atoms with Crippen LogP contribution in [-0.4, -0.2) is 76.3 Å². The van der Waals surface area contributed by atoms with E-state index < -0.39 is 0 Å². The van der Waals surface area contributed by atoms with Gasteiger partial charge in [-0.25, -0.2) is 4.98 Å². The van der Waals surface area contributed by atoms with Gasteiger partial charge in [-0.3, -0.25) is 14.8 Å². The Bertz CT molecular complexity index is 681. The first-order valence-electron chi connectivity index (χ1n) is 10.2. The van der Waals surface area contributed by atoms with Gasteiger partial charge in [0.2, 0.25) is 5.91 Å². The number of hydrogen-bond donors (Lipinski definition) is 1. The number of likely N-dealkylation sites (tertiary alicyclic amines) is 2. The molecule has 3 aliphatic heterocycles. The van der Waals surface area contributed by atoms with Crippen LogP contribution in [0.4, 0.5) is 0 Å². The summed E-state index contributed by atoms with van der Waals surface area (Å²) in [6, 6.07) is 0.629. The van der Waals surface area contributed by atoms with Gasteiger partial charge in [-0.15, -0.1) is 0 Å². The third kappa shape index (κ3) is 2.76. The van der Waals surface area contributed by atoms with Gasteiger partial charge >= 0.3 is 0 Å². The van der Waals surface area contributed by atoms with E-state index in [9.17, 15) is 4.79 Å². The van der Waals surface area contributed by atoms with Crippen LogP contribution in [0.5, 0.6) is 0 Å². The lowest BCUT2D eigenvalue weighted by Gasteiger charge is -2.45. The fraction of sp³-hybridized carbons (Fsp3) is 0.842. The number of ether oxygens (including phenoxy) is 1. The molecule has 0 unspecified atom stereocenters. The maximum Gasteiger partial charge on any atom is 0.225 e. The van der Waals surface area contributed by atoms with Crippen LogP contribution in [0, 0.1) is 18.8 Å². The van der Waals surface area contributed by atoms with Crippen LogP contribution in [0.1, 0.15) is 43.8 Å². The van der Waals surface area contributed by atoms with E-state index in [0.717, 1.165) is 83.1 Å². The zero-order valence-electron chi connectivity index (χ0n) is 15.6. The molecule has 0 spiro atoms. The molecular formula is C19H29N5O2. The third-order valence-corrected chi connectivity index (χ3v) is 6.98. The Morgan fingerprint density at radius 3 is 2.73 bits per heavy atom. The summed E-state index contributed by atoms with van der Waals surface area (Å²) in [5.41, 5.74) is -0.0724. The number of amides is 1. The van der Waals surface area contributed by atoms with E-state index in [1.165, 1.54) is 0 Å². The van der Waals surface area contributed by atoms with Gasteiger partial charge in [-0.1, -0.05) is 0 Å². The van der Waals surface area contributed by atoms with Crippen molar-refractivity contribution in [2.45, 2.75) is 50.5 Å². The minimum Gasteiger partial charge on any atom is -0.381 e. The third-order valence-electron chi connectivity index (χ3n) is 6.98. The smallest absolute Gasteiger partial charge is 0.225 e. The van der Waals surface area contributed by atoms with Crippen molar-refractivity contribution in [3.63, 3.8) is 0 Å². The highest BCUT2D eigenvalue weighted by atomic mass is 16.5. The van der Waals surface area contributed by atoms with Gasteiger partial charge in [0.05, 0.1) is 5.41 Å². The Labute approximate surface area is 154 Å². The van der Waals surface area contributed by atoms with Crippen LogP contribution in [0.25, 0.3) is 0 Å². The zero-order chi connectivity index (χ0) is 17.7. The quantitative estimate of drug-likeness (QED) is 0.875. The molecule has 4 fully saturated rings. The average Bonchev–Trinajstić information content (AvgIpc) is 3.30. The number of carbonyl (C=O) groups is 1. The standard InChI is InChI=1S/C19H29N5O2/c1-13-20-18(22-21-13)19-6-7-23(16-4-8-26-9-5-16)10-15(19)11-24(12-19)17(25)14-2-3-14/h14-16H,2-12H2,1H3,(H,20,21,22)/t15-,19-/m1/s1. The van der Waals surface area contributed by atoms with Crippen LogP contribution < -0.4 is 0 Å². The molecule has 142 valence electrons. The molecule has 1 aromatic rings. The van der Waals surface area contributed by atoms with Crippen LogP contribution in [0.3, 0.4) is 0 Å². The number of aromatic amines is 1. The Hall–Kier alpha value is -1.47. The Kier molecular flexibility index (Phi) is 4.05. The van der Waals surface area contributed by atoms with Crippen LogP contribution in [0.2, 0.25) is 0 Å². The fourth-order valence-corrected chi connectivity index (χ4v) is 5.28. The van der Waals surface area contributed by atoms with Crippen LogP contribution in [-0.2, 0) is 14.9 Å². The predicted molar refractivity (Wildman–Crippen MR) is 95.6 cm³/mol. The Balaban J connectivity index is 1.40. The summed E-state index contributed by atoms with van der Waals surface area (Å²) in [6.07, 6.45) is 5.44. The van der Waals surface area contributed by atoms with Crippen molar-refractivity contribution in [1.29, 1.82) is 0 Å². The molecule has 4 heterocycles. The molecule has 5 rings (SSSR count). The number of piperidine rings is 1. The second-order valence-corrected chi connectivity index (χ2v) is 8.68. The van der Waals surface area contributed by atoms with Crippen LogP contribution in [0.15, 0.2) is 0 Å². The summed E-state index contributed by atoms with van der Waals surface area (Å²) in [5, 5.41) is 7.58. The first-order chi connectivity index (χ1) is 12.7. The lowest BCUT2D eigenvalue weighted by atomic mass is 9.71. The van der Waals surface area contributed by atoms with E-state index in [2.05, 4.69) is 20.0 Å². The minimum absolute atomic E-state index is 0.0724. The SMILES string of the molecule is Cc1nc([C@@]23CCN(C4CCOCC4)C[C@@H]2CN(C(=O)C2CC2)C3)n[nH]1. The molecule has 3 saturated heterocycles. The number of rotatable bonds is 3. The van der Waals surface area contributed by atoms with Gasteiger partial charge in [-0.05, 0) is 45.6 Å². The van der Waals surface area contributed by atoms with Gasteiger partial charge in [0.25, 0.3) is 0 Å². The first kappa shape index (κ1) is 16.7. The van der Waals surface area contributed by atoms with E-state index in [0.29, 0.717) is 17.9 Å². The average molecular weight is 359 g/mol. The Morgan fingerprint density at radius 2 is 2.04 bits per heavy atom. The number of hydrogen-bond acceptors (Lipinski definition) is 5.